The summed E-state index contributed by atoms with van der Waals surface area (Å²) in [5.41, 5.74) is 4.68. The lowest BCUT2D eigenvalue weighted by molar-refractivity contribution is 0.0812. The van der Waals surface area contributed by atoms with Gasteiger partial charge in [-0.2, -0.15) is 0 Å². The van der Waals surface area contributed by atoms with Crippen molar-refractivity contribution in [3.8, 4) is 0 Å². The van der Waals surface area contributed by atoms with Crippen LogP contribution in [0.4, 0.5) is 5.95 Å². The van der Waals surface area contributed by atoms with Gasteiger partial charge < -0.3 is 14.2 Å². The first-order valence-electron chi connectivity index (χ1n) is 9.20. The second-order valence-electron chi connectivity index (χ2n) is 7.32. The fourth-order valence-electron chi connectivity index (χ4n) is 4.15. The monoisotopic (exact) mass is 342 g/mol. The van der Waals surface area contributed by atoms with E-state index in [1.807, 2.05) is 13.0 Å². The van der Waals surface area contributed by atoms with Crippen LogP contribution in [0, 0.1) is 19.8 Å². The molecule has 134 valence electrons. The predicted octanol–water partition coefficient (Wildman–Crippen LogP) is 2.65. The number of rotatable bonds is 4. The quantitative estimate of drug-likeness (QED) is 0.851. The van der Waals surface area contributed by atoms with Crippen LogP contribution in [0.15, 0.2) is 10.6 Å². The smallest absolute Gasteiger partial charge is 0.225 e. The van der Waals surface area contributed by atoms with Crippen LogP contribution in [0.1, 0.15) is 41.2 Å². The Kier molecular flexibility index (Phi) is 4.46. The minimum atomic E-state index is 0.158. The summed E-state index contributed by atoms with van der Waals surface area (Å²) in [6, 6.07) is 2.01. The molecule has 0 bridgehead atoms. The van der Waals surface area contributed by atoms with Crippen molar-refractivity contribution in [2.75, 3.05) is 25.1 Å². The summed E-state index contributed by atoms with van der Waals surface area (Å²) in [7, 11) is 1.78. The predicted molar refractivity (Wildman–Crippen MR) is 94.9 cm³/mol. The number of anilines is 1. The van der Waals surface area contributed by atoms with Crippen molar-refractivity contribution >= 4 is 5.95 Å². The third kappa shape index (κ3) is 3.27. The Bertz CT molecular complexity index is 758. The second-order valence-corrected chi connectivity index (χ2v) is 7.32. The highest BCUT2D eigenvalue weighted by Gasteiger charge is 2.35. The van der Waals surface area contributed by atoms with E-state index in [4.69, 9.17) is 19.2 Å². The van der Waals surface area contributed by atoms with Crippen molar-refractivity contribution in [1.82, 2.24) is 15.1 Å². The van der Waals surface area contributed by atoms with Crippen LogP contribution >= 0.6 is 0 Å². The number of nitrogens with zero attached hydrogens (tertiary/aromatic N) is 4. The van der Waals surface area contributed by atoms with Crippen molar-refractivity contribution in [2.24, 2.45) is 5.92 Å². The molecule has 1 aliphatic carbocycles. The van der Waals surface area contributed by atoms with Gasteiger partial charge in [-0.15, -0.1) is 0 Å². The number of ether oxygens (including phenoxy) is 1. The van der Waals surface area contributed by atoms with Gasteiger partial charge in [0.1, 0.15) is 5.76 Å². The number of fused-ring (bicyclic) bond motifs is 1. The van der Waals surface area contributed by atoms with E-state index in [1.54, 1.807) is 7.11 Å². The van der Waals surface area contributed by atoms with Crippen molar-refractivity contribution in [1.29, 1.82) is 0 Å². The number of hydrogen-bond donors (Lipinski definition) is 0. The molecule has 0 amide bonds. The van der Waals surface area contributed by atoms with Crippen LogP contribution in [0.5, 0.6) is 0 Å². The average Bonchev–Trinajstić information content (AvgIpc) is 3.21. The normalized spacial score (nSPS) is 23.1. The summed E-state index contributed by atoms with van der Waals surface area (Å²) in [6.45, 7) is 5.78. The third-order valence-electron chi connectivity index (χ3n) is 5.48. The minimum Gasteiger partial charge on any atom is -0.379 e. The molecule has 0 radical (unpaired) electrons. The van der Waals surface area contributed by atoms with Gasteiger partial charge in [-0.1, -0.05) is 5.16 Å². The van der Waals surface area contributed by atoms with Gasteiger partial charge in [0.15, 0.2) is 0 Å². The standard InChI is InChI=1S/C19H26N4O2/c1-12-8-15(25-22-12)9-14-10-23(11-18(14)24-3)19-20-13(2)16-6-4-5-7-17(16)21-19/h8,14,18H,4-7,9-11H2,1-3H3/t14-,18+/m1/s1. The Morgan fingerprint density at radius 3 is 2.80 bits per heavy atom. The summed E-state index contributed by atoms with van der Waals surface area (Å²) in [4.78, 5) is 12.0. The third-order valence-corrected chi connectivity index (χ3v) is 5.48. The van der Waals surface area contributed by atoms with Crippen LogP contribution in [-0.4, -0.2) is 41.4 Å². The molecule has 0 aromatic carbocycles. The Morgan fingerprint density at radius 1 is 1.20 bits per heavy atom. The molecule has 6 nitrogen and oxygen atoms in total. The number of hydrogen-bond acceptors (Lipinski definition) is 6. The second kappa shape index (κ2) is 6.75. The first-order chi connectivity index (χ1) is 12.1. The summed E-state index contributed by atoms with van der Waals surface area (Å²) < 4.78 is 11.1. The Hall–Kier alpha value is -1.95. The van der Waals surface area contributed by atoms with E-state index in [1.165, 1.54) is 24.1 Å². The first-order valence-corrected chi connectivity index (χ1v) is 9.20. The van der Waals surface area contributed by atoms with Gasteiger partial charge >= 0.3 is 0 Å². The number of aryl methyl sites for hydroxylation is 3. The van der Waals surface area contributed by atoms with Gasteiger partial charge in [0.25, 0.3) is 0 Å². The van der Waals surface area contributed by atoms with E-state index in [-0.39, 0.29) is 6.10 Å². The first kappa shape index (κ1) is 16.5. The summed E-state index contributed by atoms with van der Waals surface area (Å²) in [5.74, 6) is 2.14. The van der Waals surface area contributed by atoms with Gasteiger partial charge in [0, 0.05) is 50.0 Å². The van der Waals surface area contributed by atoms with E-state index in [0.29, 0.717) is 5.92 Å². The fraction of sp³-hybridized carbons (Fsp3) is 0.632. The molecule has 4 rings (SSSR count). The molecule has 3 heterocycles. The molecular formula is C19H26N4O2. The molecule has 1 saturated heterocycles. The van der Waals surface area contributed by atoms with Gasteiger partial charge in [-0.25, -0.2) is 9.97 Å². The van der Waals surface area contributed by atoms with E-state index in [2.05, 4.69) is 17.0 Å². The van der Waals surface area contributed by atoms with Crippen LogP contribution in [0.25, 0.3) is 0 Å². The Morgan fingerprint density at radius 2 is 2.04 bits per heavy atom. The molecule has 2 aromatic rings. The summed E-state index contributed by atoms with van der Waals surface area (Å²) in [6.07, 6.45) is 5.68. The molecule has 1 aliphatic heterocycles. The van der Waals surface area contributed by atoms with Gasteiger partial charge in [0.2, 0.25) is 5.95 Å². The van der Waals surface area contributed by atoms with Crippen LogP contribution in [-0.2, 0) is 24.0 Å². The van der Waals surface area contributed by atoms with E-state index < -0.39 is 0 Å². The van der Waals surface area contributed by atoms with Gasteiger partial charge in [-0.05, 0) is 45.1 Å². The topological polar surface area (TPSA) is 64.3 Å². The highest BCUT2D eigenvalue weighted by molar-refractivity contribution is 5.39. The summed E-state index contributed by atoms with van der Waals surface area (Å²) in [5, 5.41) is 3.99. The molecule has 0 saturated carbocycles. The molecule has 0 spiro atoms. The van der Waals surface area contributed by atoms with Crippen molar-refractivity contribution in [3.63, 3.8) is 0 Å². The molecular weight excluding hydrogens is 316 g/mol. The van der Waals surface area contributed by atoms with E-state index in [9.17, 15) is 0 Å². The van der Waals surface area contributed by atoms with Crippen molar-refractivity contribution in [2.45, 2.75) is 52.1 Å². The highest BCUT2D eigenvalue weighted by Crippen LogP contribution is 2.29. The molecule has 6 heteroatoms. The van der Waals surface area contributed by atoms with E-state index in [0.717, 1.165) is 55.4 Å². The number of methoxy groups -OCH3 is 1. The van der Waals surface area contributed by atoms with Crippen molar-refractivity contribution < 1.29 is 9.26 Å². The molecule has 2 aromatic heterocycles. The fourth-order valence-corrected chi connectivity index (χ4v) is 4.15. The molecule has 2 atom stereocenters. The zero-order valence-electron chi connectivity index (χ0n) is 15.3. The highest BCUT2D eigenvalue weighted by atomic mass is 16.5. The zero-order chi connectivity index (χ0) is 17.4. The maximum atomic E-state index is 5.74. The molecule has 1 fully saturated rings. The maximum Gasteiger partial charge on any atom is 0.225 e. The van der Waals surface area contributed by atoms with Crippen molar-refractivity contribution in [3.05, 3.63) is 34.5 Å². The molecule has 2 aliphatic rings. The minimum absolute atomic E-state index is 0.158. The van der Waals surface area contributed by atoms with Gasteiger partial charge in [0.05, 0.1) is 11.8 Å². The zero-order valence-corrected chi connectivity index (χ0v) is 15.3. The van der Waals surface area contributed by atoms with Crippen LogP contribution < -0.4 is 4.90 Å². The van der Waals surface area contributed by atoms with Crippen LogP contribution in [0.3, 0.4) is 0 Å². The largest absolute Gasteiger partial charge is 0.379 e. The maximum absolute atomic E-state index is 5.74. The lowest BCUT2D eigenvalue weighted by Gasteiger charge is -2.22. The lowest BCUT2D eigenvalue weighted by atomic mass is 9.95. The Balaban J connectivity index is 1.54. The SMILES string of the molecule is CO[C@H]1CN(c2nc(C)c3c(n2)CCCC3)C[C@H]1Cc1cc(C)no1. The molecule has 25 heavy (non-hydrogen) atoms. The Labute approximate surface area is 148 Å². The molecule has 0 N–H and O–H groups in total. The summed E-state index contributed by atoms with van der Waals surface area (Å²) >= 11 is 0. The number of aromatic nitrogens is 3. The van der Waals surface area contributed by atoms with Gasteiger partial charge in [-0.3, -0.25) is 0 Å². The van der Waals surface area contributed by atoms with E-state index >= 15 is 0 Å². The average molecular weight is 342 g/mol. The lowest BCUT2D eigenvalue weighted by Crippen LogP contribution is -2.25. The molecule has 0 unspecified atom stereocenters. The van der Waals surface area contributed by atoms with Crippen LogP contribution in [0.2, 0.25) is 0 Å².